The number of alkyl halides is 3. The summed E-state index contributed by atoms with van der Waals surface area (Å²) >= 11 is 6.62. The summed E-state index contributed by atoms with van der Waals surface area (Å²) in [5, 5.41) is 9.72. The number of aliphatic imine (C=N–C) groups is 1. The number of hydrogen-bond acceptors (Lipinski definition) is 8. The molecule has 0 atom stereocenters. The second-order valence-electron chi connectivity index (χ2n) is 8.59. The van der Waals surface area contributed by atoms with Crippen LogP contribution in [0, 0.1) is 0 Å². The van der Waals surface area contributed by atoms with Crippen molar-refractivity contribution < 1.29 is 27.4 Å². The van der Waals surface area contributed by atoms with Gasteiger partial charge in [-0.3, -0.25) is 9.48 Å². The molecule has 2 N–H and O–H groups in total. The van der Waals surface area contributed by atoms with Gasteiger partial charge in [0.05, 0.1) is 12.2 Å². The van der Waals surface area contributed by atoms with Gasteiger partial charge in [0, 0.05) is 39.3 Å². The van der Waals surface area contributed by atoms with Crippen molar-refractivity contribution in [1.29, 1.82) is 0 Å². The zero-order valence-electron chi connectivity index (χ0n) is 21.3. The van der Waals surface area contributed by atoms with Crippen molar-refractivity contribution in [2.24, 2.45) is 12.0 Å². The number of pyridine rings is 1. The normalized spacial score (nSPS) is 15.5. The second-order valence-corrected chi connectivity index (χ2v) is 8.97. The average Bonchev–Trinajstić information content (AvgIpc) is 3.46. The van der Waals surface area contributed by atoms with Crippen molar-refractivity contribution in [3.8, 4) is 5.75 Å². The van der Waals surface area contributed by atoms with Crippen LogP contribution >= 0.6 is 11.6 Å². The largest absolute Gasteiger partial charge is 0.454 e. The molecule has 39 heavy (non-hydrogen) atoms. The first kappa shape index (κ1) is 28.1. The number of anilines is 2. The number of allylic oxidation sites excluding steroid dienone is 2. The molecule has 3 aromatic heterocycles. The summed E-state index contributed by atoms with van der Waals surface area (Å²) < 4.78 is 55.0. The molecular formula is C24H26ClF3N8O3. The fraction of sp³-hybridized carbons (Fsp3) is 0.375. The van der Waals surface area contributed by atoms with Crippen molar-refractivity contribution in [2.45, 2.75) is 38.9 Å². The number of nitrogens with one attached hydrogen (secondary N) is 2. The van der Waals surface area contributed by atoms with E-state index in [-0.39, 0.29) is 39.9 Å². The Labute approximate surface area is 226 Å². The maximum atomic E-state index is 13.8. The Kier molecular flexibility index (Phi) is 8.25. The van der Waals surface area contributed by atoms with Gasteiger partial charge in [0.15, 0.2) is 17.2 Å². The van der Waals surface area contributed by atoms with Crippen molar-refractivity contribution >= 4 is 47.2 Å². The summed E-state index contributed by atoms with van der Waals surface area (Å²) in [6.45, 7) is 7.19. The molecule has 0 unspecified atom stereocenters. The predicted molar refractivity (Wildman–Crippen MR) is 139 cm³/mol. The topological polar surface area (TPSA) is 120 Å². The molecule has 1 saturated heterocycles. The Hall–Kier alpha value is -3.91. The number of carbonyl (C=O) groups is 1. The van der Waals surface area contributed by atoms with Crippen LogP contribution in [0.1, 0.15) is 38.4 Å². The number of aryl methyl sites for hydroxylation is 1. The predicted octanol–water partition coefficient (Wildman–Crippen LogP) is 4.89. The summed E-state index contributed by atoms with van der Waals surface area (Å²) in [5.74, 6) is 0.470. The molecule has 1 aliphatic rings. The molecule has 0 saturated carbocycles. The molecule has 15 heteroatoms. The van der Waals surface area contributed by atoms with Crippen LogP contribution in [0.3, 0.4) is 0 Å². The van der Waals surface area contributed by atoms with Gasteiger partial charge in [-0.2, -0.15) is 23.3 Å². The zero-order chi connectivity index (χ0) is 28.3. The number of fused-ring (bicyclic) bond motifs is 1. The van der Waals surface area contributed by atoms with Gasteiger partial charge < -0.3 is 24.7 Å². The van der Waals surface area contributed by atoms with E-state index in [1.165, 1.54) is 23.8 Å². The van der Waals surface area contributed by atoms with Gasteiger partial charge in [-0.1, -0.05) is 11.6 Å². The number of aromatic nitrogens is 5. The van der Waals surface area contributed by atoms with Crippen molar-refractivity contribution in [1.82, 2.24) is 29.6 Å². The number of halogens is 4. The molecule has 3 aromatic rings. The third kappa shape index (κ3) is 6.23. The Morgan fingerprint density at radius 3 is 2.69 bits per heavy atom. The minimum absolute atomic E-state index is 0.0245. The third-order valence-corrected chi connectivity index (χ3v) is 6.24. The molecule has 0 aromatic carbocycles. The summed E-state index contributed by atoms with van der Waals surface area (Å²) in [6, 6.07) is 0.517. The van der Waals surface area contributed by atoms with E-state index in [1.807, 2.05) is 0 Å². The monoisotopic (exact) mass is 566 g/mol. The molecule has 0 radical (unpaired) electrons. The minimum Gasteiger partial charge on any atom is -0.454 e. The number of imidazole rings is 1. The van der Waals surface area contributed by atoms with Gasteiger partial charge in [-0.15, -0.1) is 0 Å². The van der Waals surface area contributed by atoms with E-state index < -0.39 is 17.9 Å². The van der Waals surface area contributed by atoms with Crippen molar-refractivity contribution in [3.63, 3.8) is 0 Å². The van der Waals surface area contributed by atoms with E-state index in [1.54, 1.807) is 20.0 Å². The number of amides is 1. The Balaban J connectivity index is 1.64. The van der Waals surface area contributed by atoms with E-state index in [4.69, 9.17) is 21.1 Å². The standard InChI is InChI=1S/C24H26ClF3N8O3/c1-5-15(10-18(29-3)31-13(2)37)39-16-12-30-22-21(20(16)25)35(4)23(33-22)32-19-11-17(24(26,27)28)36(34-19)14-6-8-38-9-7-14/h5,10-12,14H,3,6-9H2,1-2,4H3,(H,31,37)(H,30,32,33,34)/b15-5+,18-10+. The smallest absolute Gasteiger partial charge is 0.433 e. The lowest BCUT2D eigenvalue weighted by atomic mass is 10.1. The van der Waals surface area contributed by atoms with Crippen LogP contribution < -0.4 is 15.4 Å². The number of nitrogens with zero attached hydrogens (tertiary/aromatic N) is 6. The molecule has 0 bridgehead atoms. The fourth-order valence-corrected chi connectivity index (χ4v) is 4.32. The SMILES string of the molecule is C=N/C(=C\C(=C/C)Oc1cnc2nc(Nc3cc(C(F)(F)F)n(C4CCOCC4)n3)n(C)c2c1Cl)NC(C)=O. The maximum Gasteiger partial charge on any atom is 0.433 e. The summed E-state index contributed by atoms with van der Waals surface area (Å²) in [7, 11) is 1.63. The third-order valence-electron chi connectivity index (χ3n) is 5.87. The van der Waals surface area contributed by atoms with Gasteiger partial charge in [0.25, 0.3) is 0 Å². The van der Waals surface area contributed by atoms with Crippen LogP contribution in [0.2, 0.25) is 5.02 Å². The zero-order valence-corrected chi connectivity index (χ0v) is 22.1. The van der Waals surface area contributed by atoms with Gasteiger partial charge in [-0.25, -0.2) is 9.98 Å². The lowest BCUT2D eigenvalue weighted by molar-refractivity contribution is -0.145. The molecule has 208 valence electrons. The van der Waals surface area contributed by atoms with Gasteiger partial charge >= 0.3 is 6.18 Å². The molecule has 1 aliphatic heterocycles. The van der Waals surface area contributed by atoms with E-state index in [2.05, 4.69) is 37.4 Å². The summed E-state index contributed by atoms with van der Waals surface area (Å²) in [6.07, 6.45) is 0.706. The minimum atomic E-state index is -4.59. The first-order valence-corrected chi connectivity index (χ1v) is 12.2. The number of hydrogen-bond donors (Lipinski definition) is 2. The second kappa shape index (κ2) is 11.5. The molecule has 11 nitrogen and oxygen atoms in total. The van der Waals surface area contributed by atoms with Crippen LogP contribution in [-0.4, -0.2) is 50.2 Å². The van der Waals surface area contributed by atoms with E-state index in [9.17, 15) is 18.0 Å². The maximum absolute atomic E-state index is 13.8. The van der Waals surface area contributed by atoms with Crippen LogP contribution in [-0.2, 0) is 22.8 Å². The van der Waals surface area contributed by atoms with Crippen LogP contribution in [0.25, 0.3) is 11.2 Å². The van der Waals surface area contributed by atoms with Gasteiger partial charge in [-0.05, 0) is 32.6 Å². The van der Waals surface area contributed by atoms with Crippen LogP contribution in [0.5, 0.6) is 5.75 Å². The molecular weight excluding hydrogens is 541 g/mol. The summed E-state index contributed by atoms with van der Waals surface area (Å²) in [5.41, 5.74) is -0.247. The van der Waals surface area contributed by atoms with Gasteiger partial charge in [0.2, 0.25) is 11.9 Å². The molecule has 0 spiro atoms. The van der Waals surface area contributed by atoms with Crippen molar-refractivity contribution in [3.05, 3.63) is 46.7 Å². The van der Waals surface area contributed by atoms with E-state index >= 15 is 0 Å². The van der Waals surface area contributed by atoms with Crippen LogP contribution in [0.4, 0.5) is 24.9 Å². The van der Waals surface area contributed by atoms with Gasteiger partial charge in [0.1, 0.15) is 27.8 Å². The molecule has 1 fully saturated rings. The Morgan fingerprint density at radius 1 is 1.36 bits per heavy atom. The lowest BCUT2D eigenvalue weighted by Gasteiger charge is -2.24. The molecule has 1 amide bonds. The van der Waals surface area contributed by atoms with Crippen LogP contribution in [0.15, 0.2) is 41.0 Å². The quantitative estimate of drug-likeness (QED) is 0.226. The highest BCUT2D eigenvalue weighted by atomic mass is 35.5. The lowest BCUT2D eigenvalue weighted by Crippen LogP contribution is -2.25. The van der Waals surface area contributed by atoms with E-state index in [0.29, 0.717) is 37.3 Å². The fourth-order valence-electron chi connectivity index (χ4n) is 4.02. The first-order chi connectivity index (χ1) is 18.5. The summed E-state index contributed by atoms with van der Waals surface area (Å²) in [4.78, 5) is 23.7. The Bertz CT molecular complexity index is 1450. The molecule has 4 rings (SSSR count). The highest BCUT2D eigenvalue weighted by Gasteiger charge is 2.38. The Morgan fingerprint density at radius 2 is 2.08 bits per heavy atom. The molecule has 0 aliphatic carbocycles. The average molecular weight is 567 g/mol. The first-order valence-electron chi connectivity index (χ1n) is 11.8. The number of ether oxygens (including phenoxy) is 2. The molecule has 4 heterocycles. The number of rotatable bonds is 8. The van der Waals surface area contributed by atoms with Crippen molar-refractivity contribution in [2.75, 3.05) is 18.5 Å². The number of carbonyl (C=O) groups excluding carboxylic acids is 1. The highest BCUT2D eigenvalue weighted by Crippen LogP contribution is 2.37. The highest BCUT2D eigenvalue weighted by molar-refractivity contribution is 6.36. The van der Waals surface area contributed by atoms with E-state index in [0.717, 1.165) is 10.7 Å².